The van der Waals surface area contributed by atoms with E-state index in [2.05, 4.69) is 34.3 Å². The Labute approximate surface area is 136 Å². The van der Waals surface area contributed by atoms with Crippen LogP contribution in [0.25, 0.3) is 0 Å². The average Bonchev–Trinajstić information content (AvgIpc) is 2.44. The van der Waals surface area contributed by atoms with Gasteiger partial charge in [0.25, 0.3) is 0 Å². The molecule has 0 amide bonds. The van der Waals surface area contributed by atoms with Gasteiger partial charge >= 0.3 is 0 Å². The van der Waals surface area contributed by atoms with Crippen LogP contribution in [0.4, 0.5) is 0 Å². The molecule has 0 unspecified atom stereocenters. The molecule has 7 atom stereocenters. The summed E-state index contributed by atoms with van der Waals surface area (Å²) in [7, 11) is 0. The van der Waals surface area contributed by atoms with Crippen molar-refractivity contribution in [1.82, 2.24) is 0 Å². The number of fused-ring (bicyclic) bond motifs is 3. The number of rotatable bonds is 1. The summed E-state index contributed by atoms with van der Waals surface area (Å²) in [5.74, 6) is 1.34. The van der Waals surface area contributed by atoms with E-state index in [0.29, 0.717) is 23.2 Å². The molecule has 3 rings (SSSR count). The highest BCUT2D eigenvalue weighted by Crippen LogP contribution is 2.65. The first-order valence-corrected chi connectivity index (χ1v) is 9.14. The van der Waals surface area contributed by atoms with Crippen molar-refractivity contribution in [3.05, 3.63) is 12.7 Å². The normalized spacial score (nSPS) is 54.2. The Hall–Kier alpha value is -0.340. The third-order valence-corrected chi connectivity index (χ3v) is 7.99. The predicted molar refractivity (Wildman–Crippen MR) is 90.4 cm³/mol. The lowest BCUT2D eigenvalue weighted by atomic mass is 9.42. The van der Waals surface area contributed by atoms with Crippen LogP contribution < -0.4 is 0 Å². The van der Waals surface area contributed by atoms with E-state index in [1.165, 1.54) is 19.3 Å². The molecule has 0 radical (unpaired) electrons. The van der Waals surface area contributed by atoms with E-state index in [1.54, 1.807) is 0 Å². The molecule has 0 saturated heterocycles. The molecule has 0 aromatic carbocycles. The van der Waals surface area contributed by atoms with Gasteiger partial charge in [-0.05, 0) is 60.7 Å². The second-order valence-corrected chi connectivity index (χ2v) is 9.64. The zero-order valence-corrected chi connectivity index (χ0v) is 14.8. The van der Waals surface area contributed by atoms with Crippen LogP contribution in [-0.4, -0.2) is 22.4 Å². The van der Waals surface area contributed by atoms with E-state index in [-0.39, 0.29) is 23.0 Å². The molecular weight excluding hydrogens is 272 g/mol. The van der Waals surface area contributed by atoms with Gasteiger partial charge in [-0.3, -0.25) is 0 Å². The molecule has 3 saturated carbocycles. The molecule has 0 spiro atoms. The first-order valence-electron chi connectivity index (χ1n) is 9.14. The molecule has 126 valence electrons. The summed E-state index contributed by atoms with van der Waals surface area (Å²) in [5.41, 5.74) is 0.341. The fraction of sp³-hybridized carbons (Fsp3) is 0.900. The lowest BCUT2D eigenvalue weighted by Crippen LogP contribution is -2.60. The summed E-state index contributed by atoms with van der Waals surface area (Å²) >= 11 is 0. The predicted octanol–water partition coefficient (Wildman–Crippen LogP) is 4.16. The summed E-state index contributed by atoms with van der Waals surface area (Å²) in [6, 6.07) is 0. The fourth-order valence-corrected chi connectivity index (χ4v) is 6.47. The SMILES string of the molecule is C=C[C@]1(C)C[C@@H]2[C@@H](O)C[C@H]3C(C)(C)CCC[C@]3(C)[C@H]2C[C@H]1O. The van der Waals surface area contributed by atoms with Crippen LogP contribution >= 0.6 is 0 Å². The molecule has 3 aliphatic rings. The van der Waals surface area contributed by atoms with Crippen molar-refractivity contribution < 1.29 is 10.2 Å². The summed E-state index contributed by atoms with van der Waals surface area (Å²) in [4.78, 5) is 0. The Morgan fingerprint density at radius 2 is 1.73 bits per heavy atom. The quantitative estimate of drug-likeness (QED) is 0.714. The monoisotopic (exact) mass is 306 g/mol. The van der Waals surface area contributed by atoms with Gasteiger partial charge < -0.3 is 10.2 Å². The summed E-state index contributed by atoms with van der Waals surface area (Å²) < 4.78 is 0. The summed E-state index contributed by atoms with van der Waals surface area (Å²) in [5, 5.41) is 21.6. The van der Waals surface area contributed by atoms with Gasteiger partial charge in [0, 0.05) is 5.41 Å². The van der Waals surface area contributed by atoms with Gasteiger partial charge in [-0.15, -0.1) is 6.58 Å². The topological polar surface area (TPSA) is 40.5 Å². The summed E-state index contributed by atoms with van der Waals surface area (Å²) in [6.45, 7) is 13.3. The first-order chi connectivity index (χ1) is 10.1. The van der Waals surface area contributed by atoms with Crippen molar-refractivity contribution in [3.63, 3.8) is 0 Å². The van der Waals surface area contributed by atoms with E-state index in [1.807, 2.05) is 6.08 Å². The Kier molecular flexibility index (Phi) is 3.81. The first kappa shape index (κ1) is 16.5. The van der Waals surface area contributed by atoms with Gasteiger partial charge in [0.2, 0.25) is 0 Å². The fourth-order valence-electron chi connectivity index (χ4n) is 6.47. The van der Waals surface area contributed by atoms with Crippen molar-refractivity contribution in [3.8, 4) is 0 Å². The maximum atomic E-state index is 10.9. The molecule has 0 aliphatic heterocycles. The minimum absolute atomic E-state index is 0.216. The zero-order valence-electron chi connectivity index (χ0n) is 14.8. The molecule has 22 heavy (non-hydrogen) atoms. The van der Waals surface area contributed by atoms with Gasteiger partial charge in [-0.1, -0.05) is 40.2 Å². The Bertz CT molecular complexity index is 457. The van der Waals surface area contributed by atoms with Crippen LogP contribution in [0.3, 0.4) is 0 Å². The van der Waals surface area contributed by atoms with Gasteiger partial charge in [-0.2, -0.15) is 0 Å². The number of aliphatic hydroxyl groups is 2. The molecule has 0 heterocycles. The molecule has 3 aliphatic carbocycles. The lowest BCUT2D eigenvalue weighted by Gasteiger charge is -2.63. The molecule has 0 aromatic rings. The maximum Gasteiger partial charge on any atom is 0.0631 e. The van der Waals surface area contributed by atoms with Crippen molar-refractivity contribution in [2.24, 2.45) is 34.0 Å². The third-order valence-electron chi connectivity index (χ3n) is 7.99. The average molecular weight is 306 g/mol. The third kappa shape index (κ3) is 2.21. The molecule has 0 bridgehead atoms. The van der Waals surface area contributed by atoms with Gasteiger partial charge in [-0.25, -0.2) is 0 Å². The van der Waals surface area contributed by atoms with Crippen LogP contribution in [0.5, 0.6) is 0 Å². The lowest BCUT2D eigenvalue weighted by molar-refractivity contribution is -0.184. The summed E-state index contributed by atoms with van der Waals surface area (Å²) in [6.07, 6.45) is 7.84. The van der Waals surface area contributed by atoms with Crippen LogP contribution in [-0.2, 0) is 0 Å². The van der Waals surface area contributed by atoms with Crippen LogP contribution in [0.1, 0.15) is 66.2 Å². The van der Waals surface area contributed by atoms with Gasteiger partial charge in [0.05, 0.1) is 12.2 Å². The molecule has 2 nitrogen and oxygen atoms in total. The van der Waals surface area contributed by atoms with Crippen LogP contribution in [0, 0.1) is 34.0 Å². The van der Waals surface area contributed by atoms with E-state index in [9.17, 15) is 10.2 Å². The van der Waals surface area contributed by atoms with Gasteiger partial charge in [0.1, 0.15) is 0 Å². The number of hydrogen-bond donors (Lipinski definition) is 2. The molecule has 0 aromatic heterocycles. The largest absolute Gasteiger partial charge is 0.393 e. The van der Waals surface area contributed by atoms with Crippen molar-refractivity contribution >= 4 is 0 Å². The standard InChI is InChI=1S/C20H34O2/c1-6-19(4)12-13-14(10-17(19)22)20(5)9-7-8-18(2,3)16(20)11-15(13)21/h6,13-17,21-22H,1,7-12H2,2-5H3/t13-,14-,15-,16-,17+,19+,20+/m0/s1. The Balaban J connectivity index is 1.97. The second-order valence-electron chi connectivity index (χ2n) is 9.64. The van der Waals surface area contributed by atoms with Crippen molar-refractivity contribution in [2.45, 2.75) is 78.4 Å². The van der Waals surface area contributed by atoms with E-state index >= 15 is 0 Å². The molecule has 3 fully saturated rings. The van der Waals surface area contributed by atoms with E-state index < -0.39 is 0 Å². The van der Waals surface area contributed by atoms with Gasteiger partial charge in [0.15, 0.2) is 0 Å². The van der Waals surface area contributed by atoms with E-state index in [4.69, 9.17) is 0 Å². The highest BCUT2D eigenvalue weighted by atomic mass is 16.3. The minimum Gasteiger partial charge on any atom is -0.393 e. The maximum absolute atomic E-state index is 10.9. The highest BCUT2D eigenvalue weighted by molar-refractivity contribution is 5.12. The second kappa shape index (κ2) is 5.08. The van der Waals surface area contributed by atoms with Crippen LogP contribution in [0.15, 0.2) is 12.7 Å². The number of aliphatic hydroxyl groups excluding tert-OH is 2. The molecular formula is C20H34O2. The minimum atomic E-state index is -0.320. The highest BCUT2D eigenvalue weighted by Gasteiger charge is 2.60. The zero-order chi connectivity index (χ0) is 16.3. The van der Waals surface area contributed by atoms with Crippen molar-refractivity contribution in [2.75, 3.05) is 0 Å². The Morgan fingerprint density at radius 3 is 2.36 bits per heavy atom. The van der Waals surface area contributed by atoms with E-state index in [0.717, 1.165) is 19.3 Å². The Morgan fingerprint density at radius 1 is 1.05 bits per heavy atom. The van der Waals surface area contributed by atoms with Crippen molar-refractivity contribution in [1.29, 1.82) is 0 Å². The molecule has 2 heteroatoms. The van der Waals surface area contributed by atoms with Crippen LogP contribution in [0.2, 0.25) is 0 Å². The smallest absolute Gasteiger partial charge is 0.0631 e. The molecule has 2 N–H and O–H groups in total. The number of hydrogen-bond acceptors (Lipinski definition) is 2.